The summed E-state index contributed by atoms with van der Waals surface area (Å²) < 4.78 is 9.05. The molecule has 2 heteroatoms. The van der Waals surface area contributed by atoms with Crippen molar-refractivity contribution >= 4 is 43.5 Å². The molecule has 7 aromatic rings. The van der Waals surface area contributed by atoms with E-state index in [0.717, 1.165) is 33.2 Å². The molecule has 0 fully saturated rings. The summed E-state index contributed by atoms with van der Waals surface area (Å²) in [5, 5.41) is 7.35. The number of hydrogen-bond acceptors (Lipinski definition) is 1. The van der Waals surface area contributed by atoms with Crippen molar-refractivity contribution in [1.82, 2.24) is 0 Å². The number of hydrogen-bond donors (Lipinski definition) is 0. The molecule has 0 atom stereocenters. The Morgan fingerprint density at radius 3 is 1.92 bits per heavy atom. The van der Waals surface area contributed by atoms with Crippen molar-refractivity contribution in [2.75, 3.05) is 0 Å². The highest BCUT2D eigenvalue weighted by Crippen LogP contribution is 2.44. The predicted octanol–water partition coefficient (Wildman–Crippen LogP) is 8.67. The maximum absolute atomic E-state index is 6.89. The zero-order valence-corrected chi connectivity index (χ0v) is 20.7. The SMILES string of the molecule is Cc1ccc2c(oc3c(-c4cccc[n+]4C)c(C)ccc32)c1-c1cc2ccccc2c2ccccc12. The van der Waals surface area contributed by atoms with Crippen molar-refractivity contribution in [3.8, 4) is 22.4 Å². The number of nitrogens with zero attached hydrogens (tertiary/aromatic N) is 1. The van der Waals surface area contributed by atoms with Crippen molar-refractivity contribution in [2.24, 2.45) is 7.05 Å². The van der Waals surface area contributed by atoms with E-state index in [1.54, 1.807) is 0 Å². The molecule has 7 rings (SSSR count). The van der Waals surface area contributed by atoms with Gasteiger partial charge >= 0.3 is 0 Å². The molecule has 0 saturated heterocycles. The maximum Gasteiger partial charge on any atom is 0.216 e. The second-order valence-corrected chi connectivity index (χ2v) is 9.76. The van der Waals surface area contributed by atoms with Crippen molar-refractivity contribution in [1.29, 1.82) is 0 Å². The van der Waals surface area contributed by atoms with E-state index in [2.05, 4.69) is 129 Å². The van der Waals surface area contributed by atoms with Gasteiger partial charge in [0.25, 0.3) is 0 Å². The van der Waals surface area contributed by atoms with Gasteiger partial charge in [0.2, 0.25) is 5.69 Å². The maximum atomic E-state index is 6.89. The van der Waals surface area contributed by atoms with E-state index in [0.29, 0.717) is 0 Å². The third-order valence-electron chi connectivity index (χ3n) is 7.57. The van der Waals surface area contributed by atoms with E-state index in [4.69, 9.17) is 4.42 Å². The van der Waals surface area contributed by atoms with Gasteiger partial charge in [0, 0.05) is 28.5 Å². The van der Waals surface area contributed by atoms with Crippen LogP contribution in [0.4, 0.5) is 0 Å². The first-order chi connectivity index (χ1) is 17.6. The lowest BCUT2D eigenvalue weighted by Gasteiger charge is -2.13. The molecule has 0 saturated carbocycles. The zero-order chi connectivity index (χ0) is 24.4. The van der Waals surface area contributed by atoms with Crippen LogP contribution in [-0.4, -0.2) is 0 Å². The van der Waals surface area contributed by atoms with Gasteiger partial charge in [-0.05, 0) is 64.2 Å². The molecule has 2 nitrogen and oxygen atoms in total. The number of benzene rings is 5. The first-order valence-corrected chi connectivity index (χ1v) is 12.4. The second kappa shape index (κ2) is 7.79. The van der Waals surface area contributed by atoms with Gasteiger partial charge in [-0.2, -0.15) is 0 Å². The number of furan rings is 1. The van der Waals surface area contributed by atoms with E-state index in [9.17, 15) is 0 Å². The van der Waals surface area contributed by atoms with Crippen LogP contribution in [0.3, 0.4) is 0 Å². The van der Waals surface area contributed by atoms with E-state index >= 15 is 0 Å². The van der Waals surface area contributed by atoms with E-state index in [1.807, 2.05) is 0 Å². The normalized spacial score (nSPS) is 11.8. The van der Waals surface area contributed by atoms with Crippen LogP contribution >= 0.6 is 0 Å². The molecule has 0 aliphatic rings. The quantitative estimate of drug-likeness (QED) is 0.185. The summed E-state index contributed by atoms with van der Waals surface area (Å²) in [7, 11) is 2.09. The number of aryl methyl sites for hydroxylation is 3. The van der Waals surface area contributed by atoms with Gasteiger partial charge in [-0.25, -0.2) is 4.57 Å². The van der Waals surface area contributed by atoms with Crippen LogP contribution in [0.25, 0.3) is 65.9 Å². The summed E-state index contributed by atoms with van der Waals surface area (Å²) >= 11 is 0. The average Bonchev–Trinajstić information content (AvgIpc) is 3.27. The molecule has 0 amide bonds. The molecule has 0 N–H and O–H groups in total. The van der Waals surface area contributed by atoms with Gasteiger partial charge in [0.15, 0.2) is 6.20 Å². The van der Waals surface area contributed by atoms with Crippen LogP contribution in [-0.2, 0) is 7.05 Å². The third kappa shape index (κ3) is 2.94. The van der Waals surface area contributed by atoms with Gasteiger partial charge < -0.3 is 4.42 Å². The molecule has 172 valence electrons. The van der Waals surface area contributed by atoms with E-state index in [1.165, 1.54) is 43.8 Å². The summed E-state index contributed by atoms with van der Waals surface area (Å²) in [5.74, 6) is 0. The van der Waals surface area contributed by atoms with Crippen LogP contribution in [0.5, 0.6) is 0 Å². The number of aromatic nitrogens is 1. The fourth-order valence-electron chi connectivity index (χ4n) is 5.80. The standard InChI is InChI=1S/C34H26NO/c1-21-15-17-27-28-18-16-22(2)32(30-14-8-9-19-35(30)3)34(28)36-33(27)31(21)29-20-23-10-4-5-11-24(23)25-12-6-7-13-26(25)29/h4-20H,1-3H3/q+1. The predicted molar refractivity (Wildman–Crippen MR) is 150 cm³/mol. The van der Waals surface area contributed by atoms with Gasteiger partial charge in [-0.1, -0.05) is 72.8 Å². The molecular weight excluding hydrogens is 438 g/mol. The molecule has 0 radical (unpaired) electrons. The van der Waals surface area contributed by atoms with Crippen molar-refractivity contribution in [3.05, 3.63) is 114 Å². The fourth-order valence-corrected chi connectivity index (χ4v) is 5.80. The first-order valence-electron chi connectivity index (χ1n) is 12.4. The molecule has 0 aliphatic heterocycles. The summed E-state index contributed by atoms with van der Waals surface area (Å²) in [5.41, 5.74) is 9.01. The highest BCUT2D eigenvalue weighted by atomic mass is 16.3. The molecular formula is C34H26NO+. The first kappa shape index (κ1) is 20.9. The minimum atomic E-state index is 0.948. The molecule has 0 spiro atoms. The molecule has 5 aromatic carbocycles. The Balaban J connectivity index is 1.63. The van der Waals surface area contributed by atoms with Gasteiger partial charge in [0.1, 0.15) is 18.2 Å². The molecule has 0 aliphatic carbocycles. The number of fused-ring (bicyclic) bond motifs is 6. The van der Waals surface area contributed by atoms with Crippen LogP contribution < -0.4 is 4.57 Å². The molecule has 0 unspecified atom stereocenters. The van der Waals surface area contributed by atoms with Crippen molar-refractivity contribution in [2.45, 2.75) is 13.8 Å². The summed E-state index contributed by atoms with van der Waals surface area (Å²) in [4.78, 5) is 0. The lowest BCUT2D eigenvalue weighted by Crippen LogP contribution is -2.30. The lowest BCUT2D eigenvalue weighted by molar-refractivity contribution is -0.660. The molecule has 0 bridgehead atoms. The zero-order valence-electron chi connectivity index (χ0n) is 20.7. The Bertz CT molecular complexity index is 1980. The van der Waals surface area contributed by atoms with Crippen LogP contribution in [0.15, 0.2) is 108 Å². The van der Waals surface area contributed by atoms with Crippen molar-refractivity contribution in [3.63, 3.8) is 0 Å². The van der Waals surface area contributed by atoms with Crippen LogP contribution in [0.1, 0.15) is 11.1 Å². The molecule has 2 heterocycles. The summed E-state index contributed by atoms with van der Waals surface area (Å²) in [6.45, 7) is 4.35. The fraction of sp³-hybridized carbons (Fsp3) is 0.0882. The van der Waals surface area contributed by atoms with E-state index in [-0.39, 0.29) is 0 Å². The minimum absolute atomic E-state index is 0.948. The Hall–Kier alpha value is -4.43. The monoisotopic (exact) mass is 464 g/mol. The number of rotatable bonds is 2. The van der Waals surface area contributed by atoms with Crippen LogP contribution in [0, 0.1) is 13.8 Å². The van der Waals surface area contributed by atoms with E-state index < -0.39 is 0 Å². The highest BCUT2D eigenvalue weighted by Gasteiger charge is 2.23. The van der Waals surface area contributed by atoms with Crippen molar-refractivity contribution < 1.29 is 8.98 Å². The van der Waals surface area contributed by atoms with Crippen LogP contribution in [0.2, 0.25) is 0 Å². The number of pyridine rings is 1. The van der Waals surface area contributed by atoms with Gasteiger partial charge in [0.05, 0.1) is 5.56 Å². The minimum Gasteiger partial charge on any atom is -0.454 e. The molecule has 2 aromatic heterocycles. The Morgan fingerprint density at radius 2 is 1.17 bits per heavy atom. The average molecular weight is 465 g/mol. The smallest absolute Gasteiger partial charge is 0.216 e. The largest absolute Gasteiger partial charge is 0.454 e. The highest BCUT2D eigenvalue weighted by molar-refractivity contribution is 6.19. The van der Waals surface area contributed by atoms with Gasteiger partial charge in [-0.15, -0.1) is 0 Å². The summed E-state index contributed by atoms with van der Waals surface area (Å²) in [6, 6.07) is 34.9. The topological polar surface area (TPSA) is 17.0 Å². The summed E-state index contributed by atoms with van der Waals surface area (Å²) in [6.07, 6.45) is 2.09. The lowest BCUT2D eigenvalue weighted by atomic mass is 9.90. The van der Waals surface area contributed by atoms with Gasteiger partial charge in [-0.3, -0.25) is 0 Å². The Kier molecular flexibility index (Phi) is 4.52. The second-order valence-electron chi connectivity index (χ2n) is 9.76. The Morgan fingerprint density at radius 1 is 0.556 bits per heavy atom. The third-order valence-corrected chi connectivity index (χ3v) is 7.57. The molecule has 36 heavy (non-hydrogen) atoms. The Labute approximate surface area is 210 Å².